The first-order valence-corrected chi connectivity index (χ1v) is 28.2. The molecular weight excluding hydrogens is 841 g/mol. The zero-order valence-electron chi connectivity index (χ0n) is 44.3. The first-order chi connectivity index (χ1) is 33.5. The van der Waals surface area contributed by atoms with Crippen LogP contribution in [0.3, 0.4) is 0 Å². The van der Waals surface area contributed by atoms with Crippen LogP contribution in [0, 0.1) is 0 Å². The number of ether oxygens (including phenoxy) is 3. The zero-order valence-corrected chi connectivity index (χ0v) is 44.3. The summed E-state index contributed by atoms with van der Waals surface area (Å²) in [5.74, 6) is -1.06. The highest BCUT2D eigenvalue weighted by atomic mass is 16.6. The summed E-state index contributed by atoms with van der Waals surface area (Å²) in [4.78, 5) is 38.0. The highest BCUT2D eigenvalue weighted by molar-refractivity contribution is 5.72. The maximum absolute atomic E-state index is 12.8. The van der Waals surface area contributed by atoms with Crippen LogP contribution in [0.15, 0.2) is 97.2 Å². The Morgan fingerprint density at radius 2 is 0.618 bits per heavy atom. The Hall–Kier alpha value is -3.67. The molecule has 0 heterocycles. The van der Waals surface area contributed by atoms with E-state index in [0.29, 0.717) is 12.8 Å². The lowest BCUT2D eigenvalue weighted by Gasteiger charge is -2.18. The minimum Gasteiger partial charge on any atom is -0.462 e. The highest BCUT2D eigenvalue weighted by Gasteiger charge is 2.19. The van der Waals surface area contributed by atoms with Crippen molar-refractivity contribution < 1.29 is 28.6 Å². The lowest BCUT2D eigenvalue weighted by atomic mass is 10.0. The van der Waals surface area contributed by atoms with Crippen molar-refractivity contribution in [2.24, 2.45) is 0 Å². The molecule has 0 rings (SSSR count). The maximum Gasteiger partial charge on any atom is 0.310 e. The van der Waals surface area contributed by atoms with Gasteiger partial charge in [-0.3, -0.25) is 14.4 Å². The molecule has 0 bridgehead atoms. The van der Waals surface area contributed by atoms with E-state index in [1.54, 1.807) is 6.08 Å². The summed E-state index contributed by atoms with van der Waals surface area (Å²) in [6.07, 6.45) is 74.2. The Balaban J connectivity index is 4.48. The lowest BCUT2D eigenvalue weighted by Crippen LogP contribution is -2.30. The SMILES string of the molecule is CC/C=C\C/C=C\C/C=C\C/C=C\C/C=C\CC(=O)OC(COC(=O)CCCCCCCC/C=C\C/C=C\C/C=C\CCCCCCC)COC(=O)CCCCCCCCCCCCCCCC. The van der Waals surface area contributed by atoms with Crippen molar-refractivity contribution in [3.63, 3.8) is 0 Å². The fraction of sp³-hybridized carbons (Fsp3) is 0.694. The summed E-state index contributed by atoms with van der Waals surface area (Å²) in [6.45, 7) is 6.43. The van der Waals surface area contributed by atoms with Gasteiger partial charge in [0.25, 0.3) is 0 Å². The molecule has 0 N–H and O–H groups in total. The third kappa shape index (κ3) is 53.3. The molecule has 0 aliphatic carbocycles. The second-order valence-electron chi connectivity index (χ2n) is 18.5. The fourth-order valence-corrected chi connectivity index (χ4v) is 7.64. The van der Waals surface area contributed by atoms with Crippen LogP contribution in [0.4, 0.5) is 0 Å². The van der Waals surface area contributed by atoms with Gasteiger partial charge >= 0.3 is 17.9 Å². The van der Waals surface area contributed by atoms with E-state index in [-0.39, 0.29) is 31.6 Å². The van der Waals surface area contributed by atoms with E-state index < -0.39 is 12.1 Å². The number of allylic oxidation sites excluding steroid dienone is 15. The van der Waals surface area contributed by atoms with E-state index in [0.717, 1.165) is 96.3 Å². The second kappa shape index (κ2) is 55.9. The molecule has 68 heavy (non-hydrogen) atoms. The van der Waals surface area contributed by atoms with Crippen molar-refractivity contribution >= 4 is 17.9 Å². The molecule has 0 aliphatic rings. The van der Waals surface area contributed by atoms with Crippen LogP contribution in [0.25, 0.3) is 0 Å². The maximum atomic E-state index is 12.8. The average Bonchev–Trinajstić information content (AvgIpc) is 3.34. The minimum absolute atomic E-state index is 0.0933. The number of carbonyl (C=O) groups is 3. The molecule has 0 aliphatic heterocycles. The Morgan fingerprint density at radius 3 is 0.971 bits per heavy atom. The summed E-state index contributed by atoms with van der Waals surface area (Å²) < 4.78 is 16.7. The number of esters is 3. The summed E-state index contributed by atoms with van der Waals surface area (Å²) >= 11 is 0. The molecule has 0 fully saturated rings. The summed E-state index contributed by atoms with van der Waals surface area (Å²) in [7, 11) is 0. The third-order valence-electron chi connectivity index (χ3n) is 11.9. The van der Waals surface area contributed by atoms with Gasteiger partial charge in [0.1, 0.15) is 13.2 Å². The zero-order chi connectivity index (χ0) is 49.3. The van der Waals surface area contributed by atoms with Gasteiger partial charge in [-0.25, -0.2) is 0 Å². The van der Waals surface area contributed by atoms with E-state index in [1.165, 1.54) is 122 Å². The van der Waals surface area contributed by atoms with Gasteiger partial charge in [-0.1, -0.05) is 253 Å². The van der Waals surface area contributed by atoms with Crippen molar-refractivity contribution in [3.05, 3.63) is 97.2 Å². The van der Waals surface area contributed by atoms with E-state index in [1.807, 2.05) is 6.08 Å². The largest absolute Gasteiger partial charge is 0.462 e. The van der Waals surface area contributed by atoms with Gasteiger partial charge < -0.3 is 14.2 Å². The number of hydrogen-bond acceptors (Lipinski definition) is 6. The van der Waals surface area contributed by atoms with Gasteiger partial charge in [0, 0.05) is 12.8 Å². The van der Waals surface area contributed by atoms with Crippen molar-refractivity contribution in [1.82, 2.24) is 0 Å². The Bertz CT molecular complexity index is 1360. The lowest BCUT2D eigenvalue weighted by molar-refractivity contribution is -0.166. The number of carbonyl (C=O) groups excluding carboxylic acids is 3. The van der Waals surface area contributed by atoms with Crippen LogP contribution in [-0.2, 0) is 28.6 Å². The predicted molar refractivity (Wildman–Crippen MR) is 293 cm³/mol. The number of rotatable bonds is 50. The van der Waals surface area contributed by atoms with Crippen molar-refractivity contribution in [1.29, 1.82) is 0 Å². The van der Waals surface area contributed by atoms with E-state index in [9.17, 15) is 14.4 Å². The predicted octanol–water partition coefficient (Wildman–Crippen LogP) is 18.9. The van der Waals surface area contributed by atoms with Crippen LogP contribution < -0.4 is 0 Å². The van der Waals surface area contributed by atoms with Gasteiger partial charge in [-0.2, -0.15) is 0 Å². The topological polar surface area (TPSA) is 78.9 Å². The van der Waals surface area contributed by atoms with Gasteiger partial charge in [-0.15, -0.1) is 0 Å². The molecule has 388 valence electrons. The molecule has 0 saturated heterocycles. The normalized spacial score (nSPS) is 12.8. The summed E-state index contributed by atoms with van der Waals surface area (Å²) in [6, 6.07) is 0. The van der Waals surface area contributed by atoms with E-state index in [2.05, 4.69) is 106 Å². The van der Waals surface area contributed by atoms with Crippen molar-refractivity contribution in [2.45, 2.75) is 264 Å². The Kier molecular flexibility index (Phi) is 52.9. The molecule has 0 radical (unpaired) electrons. The standard InChI is InChI=1S/C62H104O6/c1-4-7-10-13-16-19-22-25-28-29-30-31-32-33-35-37-40-43-46-49-52-55-61(64)67-58-59(57-66-60(63)54-51-48-45-42-39-36-27-24-21-18-15-12-9-6-3)68-62(65)56-53-50-47-44-41-38-34-26-23-20-17-14-11-8-5-2/h8,11,17,20,22,25-26,29-30,32-34,41,44,50,53,59H,4-7,9-10,12-16,18-19,21,23-24,27-28,31,35-40,42-43,45-49,51-52,54-58H2,1-3H3/b11-8-,20-17-,25-22-,30-29-,33-32-,34-26-,44-41-,53-50-. The Morgan fingerprint density at radius 1 is 0.324 bits per heavy atom. The molecule has 6 nitrogen and oxygen atoms in total. The van der Waals surface area contributed by atoms with Crippen LogP contribution >= 0.6 is 0 Å². The molecule has 0 aromatic carbocycles. The molecule has 0 saturated carbocycles. The Labute approximate surface area is 419 Å². The van der Waals surface area contributed by atoms with Crippen LogP contribution in [0.5, 0.6) is 0 Å². The number of hydrogen-bond donors (Lipinski definition) is 0. The monoisotopic (exact) mass is 945 g/mol. The number of unbranched alkanes of at least 4 members (excludes halogenated alkanes) is 24. The van der Waals surface area contributed by atoms with E-state index in [4.69, 9.17) is 14.2 Å². The molecule has 6 heteroatoms. The third-order valence-corrected chi connectivity index (χ3v) is 11.9. The van der Waals surface area contributed by atoms with Gasteiger partial charge in [-0.05, 0) is 83.5 Å². The highest BCUT2D eigenvalue weighted by Crippen LogP contribution is 2.15. The minimum atomic E-state index is -0.837. The molecule has 0 aromatic heterocycles. The summed E-state index contributed by atoms with van der Waals surface area (Å²) in [5.41, 5.74) is 0. The average molecular weight is 946 g/mol. The van der Waals surface area contributed by atoms with E-state index >= 15 is 0 Å². The van der Waals surface area contributed by atoms with Crippen LogP contribution in [0.2, 0.25) is 0 Å². The second-order valence-corrected chi connectivity index (χ2v) is 18.5. The van der Waals surface area contributed by atoms with Gasteiger partial charge in [0.2, 0.25) is 0 Å². The smallest absolute Gasteiger partial charge is 0.310 e. The molecule has 0 amide bonds. The van der Waals surface area contributed by atoms with Crippen LogP contribution in [0.1, 0.15) is 258 Å². The molecule has 0 spiro atoms. The molecule has 1 unspecified atom stereocenters. The quantitative estimate of drug-likeness (QED) is 0.0262. The fourth-order valence-electron chi connectivity index (χ4n) is 7.64. The van der Waals surface area contributed by atoms with Gasteiger partial charge in [0.05, 0.1) is 6.42 Å². The molecular formula is C62H104O6. The molecule has 0 aromatic rings. The first kappa shape index (κ1) is 64.3. The van der Waals surface area contributed by atoms with Crippen molar-refractivity contribution in [2.75, 3.05) is 13.2 Å². The van der Waals surface area contributed by atoms with Gasteiger partial charge in [0.15, 0.2) is 6.10 Å². The van der Waals surface area contributed by atoms with Crippen molar-refractivity contribution in [3.8, 4) is 0 Å². The molecule has 1 atom stereocenters. The first-order valence-electron chi connectivity index (χ1n) is 28.2. The van der Waals surface area contributed by atoms with Crippen LogP contribution in [-0.4, -0.2) is 37.2 Å². The summed E-state index contributed by atoms with van der Waals surface area (Å²) in [5, 5.41) is 0.